The van der Waals surface area contributed by atoms with E-state index in [-0.39, 0.29) is 0 Å². The Hall–Kier alpha value is -1.35. The number of hydrogen-bond donors (Lipinski definition) is 1. The van der Waals surface area contributed by atoms with Crippen molar-refractivity contribution in [1.29, 1.82) is 0 Å². The molecule has 2 aromatic rings. The number of imidazole rings is 1. The normalized spacial score (nSPS) is 23.9. The smallest absolute Gasteiger partial charge is 0.112 e. The van der Waals surface area contributed by atoms with Crippen molar-refractivity contribution in [3.63, 3.8) is 0 Å². The monoisotopic (exact) mass is 243 g/mol. The summed E-state index contributed by atoms with van der Waals surface area (Å²) in [6.07, 6.45) is 3.95. The molecule has 1 heterocycles. The number of nitrogens with zero attached hydrogens (tertiary/aromatic N) is 2. The van der Waals surface area contributed by atoms with Crippen LogP contribution in [0.2, 0.25) is 0 Å². The largest absolute Gasteiger partial charge is 0.331 e. The Morgan fingerprint density at radius 2 is 2.22 bits per heavy atom. The molecule has 1 aromatic heterocycles. The summed E-state index contributed by atoms with van der Waals surface area (Å²) in [6, 6.07) is 6.35. The number of rotatable bonds is 2. The van der Waals surface area contributed by atoms with Crippen molar-refractivity contribution in [2.24, 2.45) is 18.7 Å². The summed E-state index contributed by atoms with van der Waals surface area (Å²) in [6.45, 7) is 2.94. The lowest BCUT2D eigenvalue weighted by atomic mass is 9.97. The van der Waals surface area contributed by atoms with Gasteiger partial charge in [-0.3, -0.25) is 0 Å². The van der Waals surface area contributed by atoms with Crippen LogP contribution in [0.3, 0.4) is 0 Å². The van der Waals surface area contributed by atoms with Crippen LogP contribution in [-0.4, -0.2) is 9.55 Å². The van der Waals surface area contributed by atoms with Gasteiger partial charge < -0.3 is 10.3 Å². The summed E-state index contributed by atoms with van der Waals surface area (Å²) in [5.74, 6) is 2.64. The summed E-state index contributed by atoms with van der Waals surface area (Å²) >= 11 is 0. The molecule has 96 valence electrons. The lowest BCUT2D eigenvalue weighted by Crippen LogP contribution is -2.08. The minimum atomic E-state index is 0.594. The predicted molar refractivity (Wildman–Crippen MR) is 74.4 cm³/mol. The van der Waals surface area contributed by atoms with Crippen LogP contribution in [0.5, 0.6) is 0 Å². The number of aromatic nitrogens is 2. The fraction of sp³-hybridized carbons (Fsp3) is 0.533. The van der Waals surface area contributed by atoms with Gasteiger partial charge in [0, 0.05) is 19.5 Å². The molecule has 0 spiro atoms. The predicted octanol–water partition coefficient (Wildman–Crippen LogP) is 2.94. The maximum absolute atomic E-state index is 5.71. The molecule has 0 amide bonds. The van der Waals surface area contributed by atoms with Gasteiger partial charge in [-0.15, -0.1) is 0 Å². The van der Waals surface area contributed by atoms with Gasteiger partial charge in [-0.05, 0) is 36.5 Å². The third-order valence-electron chi connectivity index (χ3n) is 4.41. The summed E-state index contributed by atoms with van der Waals surface area (Å²) < 4.78 is 2.26. The van der Waals surface area contributed by atoms with Crippen molar-refractivity contribution < 1.29 is 0 Å². The van der Waals surface area contributed by atoms with Gasteiger partial charge in [0.2, 0.25) is 0 Å². The minimum Gasteiger partial charge on any atom is -0.331 e. The zero-order chi connectivity index (χ0) is 12.7. The van der Waals surface area contributed by atoms with Crippen molar-refractivity contribution >= 4 is 11.0 Å². The van der Waals surface area contributed by atoms with Crippen molar-refractivity contribution in [3.05, 3.63) is 29.6 Å². The lowest BCUT2D eigenvalue weighted by molar-refractivity contribution is 0.499. The SMILES string of the molecule is CC1CCCC1c1nc2ccc(CN)cc2n1C. The molecule has 1 aromatic carbocycles. The molecule has 18 heavy (non-hydrogen) atoms. The van der Waals surface area contributed by atoms with Gasteiger partial charge in [-0.1, -0.05) is 19.4 Å². The number of benzene rings is 1. The number of aryl methyl sites for hydroxylation is 1. The zero-order valence-electron chi connectivity index (χ0n) is 11.2. The standard InChI is InChI=1S/C15H21N3/c1-10-4-3-5-12(10)15-17-13-7-6-11(9-16)8-14(13)18(15)2/h6-8,10,12H,3-5,9,16H2,1-2H3. The topological polar surface area (TPSA) is 43.8 Å². The van der Waals surface area contributed by atoms with E-state index in [1.54, 1.807) is 0 Å². The highest BCUT2D eigenvalue weighted by atomic mass is 15.1. The molecule has 3 heteroatoms. The van der Waals surface area contributed by atoms with Crippen LogP contribution < -0.4 is 5.73 Å². The molecule has 3 rings (SSSR count). The van der Waals surface area contributed by atoms with Gasteiger partial charge in [0.05, 0.1) is 11.0 Å². The first kappa shape index (κ1) is 11.7. The van der Waals surface area contributed by atoms with E-state index in [1.807, 2.05) is 0 Å². The summed E-state index contributed by atoms with van der Waals surface area (Å²) in [5, 5.41) is 0. The maximum atomic E-state index is 5.71. The Morgan fingerprint density at radius 3 is 2.89 bits per heavy atom. The molecule has 2 atom stereocenters. The summed E-state index contributed by atoms with van der Waals surface area (Å²) in [7, 11) is 2.13. The fourth-order valence-corrected chi connectivity index (χ4v) is 3.24. The first-order chi connectivity index (χ1) is 8.70. The average Bonchev–Trinajstić information content (AvgIpc) is 2.93. The van der Waals surface area contributed by atoms with E-state index in [2.05, 4.69) is 36.7 Å². The zero-order valence-corrected chi connectivity index (χ0v) is 11.2. The summed E-state index contributed by atoms with van der Waals surface area (Å²) in [5.41, 5.74) is 9.21. The van der Waals surface area contributed by atoms with Crippen LogP contribution >= 0.6 is 0 Å². The molecule has 0 aliphatic heterocycles. The molecular formula is C15H21N3. The van der Waals surface area contributed by atoms with Gasteiger partial charge in [-0.25, -0.2) is 4.98 Å². The van der Waals surface area contributed by atoms with Crippen LogP contribution in [0.4, 0.5) is 0 Å². The number of nitrogens with two attached hydrogens (primary N) is 1. The Balaban J connectivity index is 2.10. The Bertz CT molecular complexity index is 570. The highest BCUT2D eigenvalue weighted by Crippen LogP contribution is 2.39. The van der Waals surface area contributed by atoms with Crippen molar-refractivity contribution in [2.45, 2.75) is 38.6 Å². The van der Waals surface area contributed by atoms with Crippen LogP contribution in [0.1, 0.15) is 43.5 Å². The van der Waals surface area contributed by atoms with Crippen LogP contribution in [0, 0.1) is 5.92 Å². The second kappa shape index (κ2) is 4.39. The third kappa shape index (κ3) is 1.74. The molecule has 0 radical (unpaired) electrons. The Kier molecular flexibility index (Phi) is 2.86. The van der Waals surface area contributed by atoms with Crippen molar-refractivity contribution in [3.8, 4) is 0 Å². The molecule has 2 unspecified atom stereocenters. The molecule has 1 fully saturated rings. The highest BCUT2D eigenvalue weighted by Gasteiger charge is 2.28. The Labute approximate surface area is 108 Å². The first-order valence-corrected chi connectivity index (χ1v) is 6.86. The molecule has 1 aliphatic carbocycles. The second-order valence-corrected chi connectivity index (χ2v) is 5.57. The van der Waals surface area contributed by atoms with Gasteiger partial charge >= 0.3 is 0 Å². The molecule has 0 saturated heterocycles. The molecular weight excluding hydrogens is 222 g/mol. The van der Waals surface area contributed by atoms with Crippen LogP contribution in [-0.2, 0) is 13.6 Å². The second-order valence-electron chi connectivity index (χ2n) is 5.57. The van der Waals surface area contributed by atoms with Gasteiger partial charge in [0.1, 0.15) is 5.82 Å². The Morgan fingerprint density at radius 1 is 1.39 bits per heavy atom. The minimum absolute atomic E-state index is 0.594. The van der Waals surface area contributed by atoms with Gasteiger partial charge in [-0.2, -0.15) is 0 Å². The third-order valence-corrected chi connectivity index (χ3v) is 4.41. The average molecular weight is 243 g/mol. The van der Waals surface area contributed by atoms with E-state index in [9.17, 15) is 0 Å². The summed E-state index contributed by atoms with van der Waals surface area (Å²) in [4.78, 5) is 4.84. The van der Waals surface area contributed by atoms with E-state index in [4.69, 9.17) is 10.7 Å². The molecule has 2 N–H and O–H groups in total. The van der Waals surface area contributed by atoms with Gasteiger partial charge in [0.25, 0.3) is 0 Å². The van der Waals surface area contributed by atoms with E-state index in [0.717, 1.165) is 11.4 Å². The molecule has 3 nitrogen and oxygen atoms in total. The first-order valence-electron chi connectivity index (χ1n) is 6.86. The highest BCUT2D eigenvalue weighted by molar-refractivity contribution is 5.77. The number of hydrogen-bond acceptors (Lipinski definition) is 2. The van der Waals surface area contributed by atoms with Crippen molar-refractivity contribution in [1.82, 2.24) is 9.55 Å². The van der Waals surface area contributed by atoms with E-state index in [1.165, 1.54) is 36.2 Å². The molecule has 1 aliphatic rings. The lowest BCUT2D eigenvalue weighted by Gasteiger charge is -2.14. The van der Waals surface area contributed by atoms with Gasteiger partial charge in [0.15, 0.2) is 0 Å². The molecule has 0 bridgehead atoms. The van der Waals surface area contributed by atoms with E-state index < -0.39 is 0 Å². The maximum Gasteiger partial charge on any atom is 0.112 e. The molecule has 1 saturated carbocycles. The quantitative estimate of drug-likeness (QED) is 0.881. The van der Waals surface area contributed by atoms with Crippen molar-refractivity contribution in [2.75, 3.05) is 0 Å². The number of fused-ring (bicyclic) bond motifs is 1. The van der Waals surface area contributed by atoms with Crippen LogP contribution in [0.25, 0.3) is 11.0 Å². The van der Waals surface area contributed by atoms with Crippen LogP contribution in [0.15, 0.2) is 18.2 Å². The van der Waals surface area contributed by atoms with E-state index >= 15 is 0 Å². The fourth-order valence-electron chi connectivity index (χ4n) is 3.24. The van der Waals surface area contributed by atoms with E-state index in [0.29, 0.717) is 12.5 Å².